The van der Waals surface area contributed by atoms with Gasteiger partial charge in [-0.3, -0.25) is 24.3 Å². The maximum atomic E-state index is 13.0. The van der Waals surface area contributed by atoms with Gasteiger partial charge in [0.2, 0.25) is 17.7 Å². The Balaban J connectivity index is 0.00000325. The molecule has 0 saturated heterocycles. The van der Waals surface area contributed by atoms with Gasteiger partial charge < -0.3 is 15.0 Å². The van der Waals surface area contributed by atoms with Crippen LogP contribution in [0.5, 0.6) is 5.75 Å². The molecule has 5 rings (SSSR count). The van der Waals surface area contributed by atoms with E-state index in [0.29, 0.717) is 33.4 Å². The van der Waals surface area contributed by atoms with Crippen LogP contribution in [-0.4, -0.2) is 41.3 Å². The normalized spacial score (nSPS) is 10.6. The molecule has 0 aliphatic heterocycles. The summed E-state index contributed by atoms with van der Waals surface area (Å²) in [5, 5.41) is 4.20. The average Bonchev–Trinajstić information content (AvgIpc) is 3.07. The number of fused-ring (bicyclic) bond motifs is 1. The molecular weight excluding hydrogens is 708 g/mol. The summed E-state index contributed by atoms with van der Waals surface area (Å²) in [5.74, 6) is -0.414. The number of rotatable bonds is 10. The first-order valence-corrected chi connectivity index (χ1v) is 15.4. The summed E-state index contributed by atoms with van der Waals surface area (Å²) in [7, 11) is 1.57. The van der Waals surface area contributed by atoms with Crippen molar-refractivity contribution in [3.63, 3.8) is 0 Å². The van der Waals surface area contributed by atoms with Crippen LogP contribution < -0.4 is 19.9 Å². The summed E-state index contributed by atoms with van der Waals surface area (Å²) in [4.78, 5) is 49.4. The van der Waals surface area contributed by atoms with Crippen LogP contribution in [0.2, 0.25) is 10.0 Å². The lowest BCUT2D eigenvalue weighted by Crippen LogP contribution is -2.37. The van der Waals surface area contributed by atoms with Crippen molar-refractivity contribution < 1.29 is 19.1 Å². The van der Waals surface area contributed by atoms with Gasteiger partial charge in [-0.15, -0.1) is 24.8 Å². The Morgan fingerprint density at radius 1 is 0.918 bits per heavy atom. The van der Waals surface area contributed by atoms with E-state index in [1.807, 2.05) is 37.3 Å². The fraction of sp³-hybridized carbons (Fsp3) is 0.139. The highest BCUT2D eigenvalue weighted by molar-refractivity contribution is 6.38. The quantitative estimate of drug-likeness (QED) is 0.145. The van der Waals surface area contributed by atoms with Crippen LogP contribution in [0.3, 0.4) is 0 Å². The molecule has 3 amide bonds. The van der Waals surface area contributed by atoms with Crippen LogP contribution in [0.4, 0.5) is 17.1 Å². The van der Waals surface area contributed by atoms with Gasteiger partial charge in [-0.25, -0.2) is 4.98 Å². The number of carbonyl (C=O) groups excluding carboxylic acids is 3. The minimum atomic E-state index is -0.452. The minimum absolute atomic E-state index is 0. The van der Waals surface area contributed by atoms with E-state index in [-0.39, 0.29) is 54.8 Å². The van der Waals surface area contributed by atoms with E-state index in [9.17, 15) is 14.4 Å². The maximum absolute atomic E-state index is 13.0. The van der Waals surface area contributed by atoms with Crippen LogP contribution in [-0.2, 0) is 21.0 Å². The molecule has 9 nitrogen and oxygen atoms in total. The summed E-state index contributed by atoms with van der Waals surface area (Å²) in [6.45, 7) is 3.18. The zero-order valence-electron chi connectivity index (χ0n) is 26.7. The van der Waals surface area contributed by atoms with Crippen molar-refractivity contribution in [1.29, 1.82) is 0 Å². The van der Waals surface area contributed by atoms with Crippen LogP contribution in [0.15, 0.2) is 97.3 Å². The molecular formula is C36H33Cl4N5O4. The predicted octanol–water partition coefficient (Wildman–Crippen LogP) is 8.14. The van der Waals surface area contributed by atoms with Crippen molar-refractivity contribution in [3.05, 3.63) is 124 Å². The zero-order valence-corrected chi connectivity index (χ0v) is 29.9. The highest BCUT2D eigenvalue weighted by Gasteiger charge is 2.19. The second kappa shape index (κ2) is 17.6. The van der Waals surface area contributed by atoms with E-state index in [1.54, 1.807) is 78.9 Å². The molecule has 49 heavy (non-hydrogen) atoms. The van der Waals surface area contributed by atoms with E-state index in [4.69, 9.17) is 27.9 Å². The van der Waals surface area contributed by atoms with Crippen molar-refractivity contribution >= 4 is 99.8 Å². The molecule has 254 valence electrons. The second-order valence-corrected chi connectivity index (χ2v) is 11.4. The smallest absolute Gasteiger partial charge is 0.246 e. The van der Waals surface area contributed by atoms with Crippen molar-refractivity contribution in [2.24, 2.45) is 0 Å². The zero-order chi connectivity index (χ0) is 33.5. The summed E-state index contributed by atoms with van der Waals surface area (Å²) in [5.41, 5.74) is 4.57. The van der Waals surface area contributed by atoms with E-state index in [1.165, 1.54) is 17.9 Å². The number of aryl methyl sites for hydroxylation is 1. The number of amides is 3. The van der Waals surface area contributed by atoms with E-state index < -0.39 is 5.91 Å². The third-order valence-corrected chi connectivity index (χ3v) is 8.08. The number of para-hydroxylation sites is 1. The fourth-order valence-electron chi connectivity index (χ4n) is 4.84. The molecule has 13 heteroatoms. The van der Waals surface area contributed by atoms with Crippen molar-refractivity contribution in [2.75, 3.05) is 23.4 Å². The van der Waals surface area contributed by atoms with Gasteiger partial charge in [-0.1, -0.05) is 53.5 Å². The summed E-state index contributed by atoms with van der Waals surface area (Å²) in [6.07, 6.45) is 6.20. The van der Waals surface area contributed by atoms with Gasteiger partial charge in [0.1, 0.15) is 17.9 Å². The number of ether oxygens (including phenoxy) is 1. The number of anilines is 3. The highest BCUT2D eigenvalue weighted by atomic mass is 35.5. The lowest BCUT2D eigenvalue weighted by Gasteiger charge is -2.21. The Morgan fingerprint density at radius 2 is 1.67 bits per heavy atom. The SMILES string of the molecule is CC(=O)N(c1ccc(C=CC(=O)NCC(=O)N(C)c2ccc(Cl)c(COc3cccc4ccc(C)nc34)c2Cl)cc1)c1cccnc1.Cl.Cl. The maximum Gasteiger partial charge on any atom is 0.246 e. The summed E-state index contributed by atoms with van der Waals surface area (Å²) in [6, 6.07) is 23.5. The van der Waals surface area contributed by atoms with Crippen molar-refractivity contribution in [3.8, 4) is 5.75 Å². The molecule has 0 aliphatic rings. The largest absolute Gasteiger partial charge is 0.487 e. The molecule has 0 saturated carbocycles. The lowest BCUT2D eigenvalue weighted by molar-refractivity contribution is -0.122. The lowest BCUT2D eigenvalue weighted by atomic mass is 10.1. The standard InChI is InChI=1S/C36H31Cl2N5O4.2ClH/c1-23-9-13-26-6-4-8-32(36(26)41-23)47-22-29-30(37)16-17-31(35(29)38)42(3)34(46)21-40-33(45)18-12-25-10-14-27(15-11-25)43(24(2)44)28-7-5-19-39-20-28;;/h4-20H,21-22H2,1-3H3,(H,40,45);2*1H. The van der Waals surface area contributed by atoms with Gasteiger partial charge in [-0.2, -0.15) is 0 Å². The van der Waals surface area contributed by atoms with Crippen LogP contribution in [0.25, 0.3) is 17.0 Å². The number of nitrogens with zero attached hydrogens (tertiary/aromatic N) is 4. The molecule has 0 bridgehead atoms. The van der Waals surface area contributed by atoms with Gasteiger partial charge in [0.05, 0.1) is 29.1 Å². The molecule has 0 spiro atoms. The number of nitrogens with one attached hydrogen (secondary N) is 1. The van der Waals surface area contributed by atoms with Crippen molar-refractivity contribution in [1.82, 2.24) is 15.3 Å². The molecule has 0 aliphatic carbocycles. The first-order chi connectivity index (χ1) is 22.6. The van der Waals surface area contributed by atoms with Crippen LogP contribution in [0, 0.1) is 6.92 Å². The van der Waals surface area contributed by atoms with Gasteiger partial charge in [0.15, 0.2) is 0 Å². The summed E-state index contributed by atoms with van der Waals surface area (Å²) >= 11 is 13.2. The first kappa shape index (κ1) is 38.8. The first-order valence-electron chi connectivity index (χ1n) is 14.6. The Bertz CT molecular complexity index is 1970. The molecule has 0 radical (unpaired) electrons. The van der Waals surface area contributed by atoms with Gasteiger partial charge in [0, 0.05) is 53.6 Å². The third-order valence-electron chi connectivity index (χ3n) is 7.31. The number of hydrogen-bond acceptors (Lipinski definition) is 6. The topological polar surface area (TPSA) is 105 Å². The highest BCUT2D eigenvalue weighted by Crippen LogP contribution is 2.35. The van der Waals surface area contributed by atoms with Crippen LogP contribution in [0.1, 0.15) is 23.7 Å². The number of benzene rings is 3. The van der Waals surface area contributed by atoms with E-state index >= 15 is 0 Å². The molecule has 5 aromatic rings. The third kappa shape index (κ3) is 9.49. The molecule has 3 aromatic carbocycles. The Hall–Kier alpha value is -4.67. The molecule has 0 fully saturated rings. The molecule has 0 unspecified atom stereocenters. The number of pyridine rings is 2. The van der Waals surface area contributed by atoms with Gasteiger partial charge >= 0.3 is 0 Å². The van der Waals surface area contributed by atoms with Gasteiger partial charge in [0.25, 0.3) is 0 Å². The van der Waals surface area contributed by atoms with Crippen molar-refractivity contribution in [2.45, 2.75) is 20.5 Å². The monoisotopic (exact) mass is 739 g/mol. The molecule has 1 N–H and O–H groups in total. The second-order valence-electron chi connectivity index (χ2n) is 10.6. The average molecular weight is 742 g/mol. The van der Waals surface area contributed by atoms with Gasteiger partial charge in [-0.05, 0) is 67.1 Å². The fourth-order valence-corrected chi connectivity index (χ4v) is 5.45. The van der Waals surface area contributed by atoms with E-state index in [2.05, 4.69) is 15.3 Å². The number of carbonyl (C=O) groups is 3. The number of aromatic nitrogens is 2. The number of halogens is 4. The van der Waals surface area contributed by atoms with Crippen LogP contribution >= 0.6 is 48.0 Å². The molecule has 0 atom stereocenters. The number of likely N-dealkylation sites (N-methyl/N-ethyl adjacent to an activating group) is 1. The summed E-state index contributed by atoms with van der Waals surface area (Å²) < 4.78 is 6.09. The van der Waals surface area contributed by atoms with E-state index in [0.717, 1.165) is 22.2 Å². The molecule has 2 aromatic heterocycles. The predicted molar refractivity (Wildman–Crippen MR) is 201 cm³/mol. The Labute approximate surface area is 306 Å². The molecule has 2 heterocycles. The minimum Gasteiger partial charge on any atom is -0.487 e. The number of hydrogen-bond donors (Lipinski definition) is 1. The Kier molecular flexibility index (Phi) is 14.0. The Morgan fingerprint density at radius 3 is 2.37 bits per heavy atom.